The van der Waals surface area contributed by atoms with E-state index in [2.05, 4.69) is 36.3 Å². The van der Waals surface area contributed by atoms with E-state index in [0.29, 0.717) is 6.04 Å². The number of rotatable bonds is 5. The molecule has 1 aliphatic carbocycles. The van der Waals surface area contributed by atoms with Gasteiger partial charge in [0.2, 0.25) is 0 Å². The van der Waals surface area contributed by atoms with Crippen molar-refractivity contribution < 1.29 is 0 Å². The largest absolute Gasteiger partial charge is 0.308 e. The molecule has 0 aromatic carbocycles. The minimum Gasteiger partial charge on any atom is -0.308 e. The lowest BCUT2D eigenvalue weighted by atomic mass is 9.91. The average molecular weight is 232 g/mol. The molecule has 1 aliphatic rings. The Kier molecular flexibility index (Phi) is 4.55. The Bertz CT molecular complexity index is 345. The number of aromatic nitrogens is 1. The highest BCUT2D eigenvalue weighted by Gasteiger charge is 2.21. The third-order valence-electron chi connectivity index (χ3n) is 4.00. The Balaban J connectivity index is 1.99. The Morgan fingerprint density at radius 2 is 2.24 bits per heavy atom. The number of fused-ring (bicyclic) bond motifs is 1. The van der Waals surface area contributed by atoms with Gasteiger partial charge in [0, 0.05) is 12.2 Å². The summed E-state index contributed by atoms with van der Waals surface area (Å²) in [5.74, 6) is 0.809. The van der Waals surface area contributed by atoms with Gasteiger partial charge in [-0.15, -0.1) is 0 Å². The second-order valence-electron chi connectivity index (χ2n) is 5.08. The van der Waals surface area contributed by atoms with Crippen LogP contribution in [-0.4, -0.2) is 11.5 Å². The molecule has 2 rings (SSSR count). The maximum absolute atomic E-state index is 4.57. The molecule has 0 bridgehead atoms. The Morgan fingerprint density at radius 3 is 3.00 bits per heavy atom. The van der Waals surface area contributed by atoms with E-state index in [1.54, 1.807) is 0 Å². The number of pyridine rings is 1. The van der Waals surface area contributed by atoms with Crippen LogP contribution in [0.2, 0.25) is 0 Å². The molecule has 0 amide bonds. The summed E-state index contributed by atoms with van der Waals surface area (Å²) in [5, 5.41) is 3.72. The van der Waals surface area contributed by atoms with E-state index >= 15 is 0 Å². The van der Waals surface area contributed by atoms with Crippen LogP contribution in [0.1, 0.15) is 56.8 Å². The summed E-state index contributed by atoms with van der Waals surface area (Å²) in [7, 11) is 0. The van der Waals surface area contributed by atoms with Crippen LogP contribution in [0.25, 0.3) is 0 Å². The minimum atomic E-state index is 0.487. The molecule has 0 spiro atoms. The number of nitrogens with zero attached hydrogens (tertiary/aromatic N) is 1. The van der Waals surface area contributed by atoms with Crippen LogP contribution < -0.4 is 5.32 Å². The number of nitrogens with one attached hydrogen (secondary N) is 1. The van der Waals surface area contributed by atoms with Crippen molar-refractivity contribution in [1.82, 2.24) is 10.3 Å². The van der Waals surface area contributed by atoms with E-state index in [9.17, 15) is 0 Å². The molecule has 2 heteroatoms. The van der Waals surface area contributed by atoms with E-state index < -0.39 is 0 Å². The summed E-state index contributed by atoms with van der Waals surface area (Å²) in [6, 6.07) is 4.77. The summed E-state index contributed by atoms with van der Waals surface area (Å²) in [5.41, 5.74) is 2.74. The fourth-order valence-corrected chi connectivity index (χ4v) is 2.69. The van der Waals surface area contributed by atoms with Crippen molar-refractivity contribution in [3.05, 3.63) is 29.6 Å². The van der Waals surface area contributed by atoms with Crippen LogP contribution in [-0.2, 0) is 6.42 Å². The molecule has 0 saturated carbocycles. The first-order valence-electron chi connectivity index (χ1n) is 7.02. The number of aryl methyl sites for hydroxylation is 1. The Hall–Kier alpha value is -0.890. The molecule has 1 heterocycles. The molecule has 1 unspecified atom stereocenters. The summed E-state index contributed by atoms with van der Waals surface area (Å²) in [6.07, 6.45) is 8.20. The van der Waals surface area contributed by atoms with Crippen molar-refractivity contribution in [2.45, 2.75) is 52.0 Å². The first-order chi connectivity index (χ1) is 8.35. The topological polar surface area (TPSA) is 24.9 Å². The molecular formula is C15H24N2. The van der Waals surface area contributed by atoms with Crippen molar-refractivity contribution in [2.75, 3.05) is 6.54 Å². The van der Waals surface area contributed by atoms with E-state index in [0.717, 1.165) is 12.5 Å². The molecule has 2 nitrogen and oxygen atoms in total. The second-order valence-corrected chi connectivity index (χ2v) is 5.08. The van der Waals surface area contributed by atoms with E-state index in [1.807, 2.05) is 6.20 Å². The van der Waals surface area contributed by atoms with Crippen LogP contribution in [0.3, 0.4) is 0 Å². The molecule has 1 N–H and O–H groups in total. The molecule has 1 aromatic heterocycles. The van der Waals surface area contributed by atoms with Crippen molar-refractivity contribution in [3.63, 3.8) is 0 Å². The first kappa shape index (κ1) is 12.6. The summed E-state index contributed by atoms with van der Waals surface area (Å²) in [4.78, 5) is 4.57. The van der Waals surface area contributed by atoms with Gasteiger partial charge >= 0.3 is 0 Å². The molecule has 0 fully saturated rings. The number of hydrogen-bond donors (Lipinski definition) is 1. The standard InChI is InChI=1S/C15H24N2/c1-3-12(4-2)11-17-14-9-5-7-13-8-6-10-16-15(13)14/h6,8,10,12,14,17H,3-5,7,9,11H2,1-2H3. The smallest absolute Gasteiger partial charge is 0.0605 e. The van der Waals surface area contributed by atoms with E-state index in [4.69, 9.17) is 0 Å². The van der Waals surface area contributed by atoms with Gasteiger partial charge in [0.15, 0.2) is 0 Å². The average Bonchev–Trinajstić information content (AvgIpc) is 2.40. The van der Waals surface area contributed by atoms with Crippen LogP contribution in [0.4, 0.5) is 0 Å². The lowest BCUT2D eigenvalue weighted by Crippen LogP contribution is -2.30. The highest BCUT2D eigenvalue weighted by Crippen LogP contribution is 2.27. The fraction of sp³-hybridized carbons (Fsp3) is 0.667. The van der Waals surface area contributed by atoms with Crippen LogP contribution >= 0.6 is 0 Å². The maximum Gasteiger partial charge on any atom is 0.0605 e. The van der Waals surface area contributed by atoms with Gasteiger partial charge in [-0.2, -0.15) is 0 Å². The van der Waals surface area contributed by atoms with Crippen LogP contribution in [0.15, 0.2) is 18.3 Å². The zero-order valence-electron chi connectivity index (χ0n) is 11.1. The lowest BCUT2D eigenvalue weighted by molar-refractivity contribution is 0.380. The van der Waals surface area contributed by atoms with Crippen LogP contribution in [0.5, 0.6) is 0 Å². The quantitative estimate of drug-likeness (QED) is 0.840. The molecule has 0 radical (unpaired) electrons. The third-order valence-corrected chi connectivity index (χ3v) is 4.00. The predicted molar refractivity (Wildman–Crippen MR) is 72.0 cm³/mol. The van der Waals surface area contributed by atoms with Gasteiger partial charge in [-0.25, -0.2) is 0 Å². The molecular weight excluding hydrogens is 208 g/mol. The van der Waals surface area contributed by atoms with Gasteiger partial charge in [-0.1, -0.05) is 32.8 Å². The summed E-state index contributed by atoms with van der Waals surface area (Å²) >= 11 is 0. The molecule has 0 saturated heterocycles. The van der Waals surface area contributed by atoms with Gasteiger partial charge in [-0.3, -0.25) is 4.98 Å². The molecule has 1 atom stereocenters. The van der Waals surface area contributed by atoms with Crippen molar-refractivity contribution in [2.24, 2.45) is 5.92 Å². The highest BCUT2D eigenvalue weighted by atomic mass is 14.9. The van der Waals surface area contributed by atoms with Crippen molar-refractivity contribution >= 4 is 0 Å². The van der Waals surface area contributed by atoms with Gasteiger partial charge < -0.3 is 5.32 Å². The molecule has 1 aromatic rings. The van der Waals surface area contributed by atoms with Crippen molar-refractivity contribution in [1.29, 1.82) is 0 Å². The molecule has 0 aliphatic heterocycles. The van der Waals surface area contributed by atoms with Gasteiger partial charge in [0.05, 0.1) is 5.69 Å². The third kappa shape index (κ3) is 3.06. The van der Waals surface area contributed by atoms with Gasteiger partial charge in [0.25, 0.3) is 0 Å². The second kappa shape index (κ2) is 6.15. The minimum absolute atomic E-state index is 0.487. The Labute approximate surface area is 105 Å². The molecule has 94 valence electrons. The Morgan fingerprint density at radius 1 is 1.41 bits per heavy atom. The molecule has 17 heavy (non-hydrogen) atoms. The zero-order valence-corrected chi connectivity index (χ0v) is 11.1. The van der Waals surface area contributed by atoms with Crippen molar-refractivity contribution in [3.8, 4) is 0 Å². The predicted octanol–water partition coefficient (Wildman–Crippen LogP) is 3.48. The lowest BCUT2D eigenvalue weighted by Gasteiger charge is -2.26. The summed E-state index contributed by atoms with van der Waals surface area (Å²) < 4.78 is 0. The van der Waals surface area contributed by atoms with E-state index in [-0.39, 0.29) is 0 Å². The van der Waals surface area contributed by atoms with Gasteiger partial charge in [0.1, 0.15) is 0 Å². The fourth-order valence-electron chi connectivity index (χ4n) is 2.69. The highest BCUT2D eigenvalue weighted by molar-refractivity contribution is 5.25. The maximum atomic E-state index is 4.57. The number of hydrogen-bond acceptors (Lipinski definition) is 2. The first-order valence-corrected chi connectivity index (χ1v) is 7.02. The zero-order chi connectivity index (χ0) is 12.1. The van der Waals surface area contributed by atoms with E-state index in [1.165, 1.54) is 43.4 Å². The normalized spacial score (nSPS) is 19.4. The van der Waals surface area contributed by atoms with Crippen LogP contribution in [0, 0.1) is 5.92 Å². The monoisotopic (exact) mass is 232 g/mol. The SMILES string of the molecule is CCC(CC)CNC1CCCc2cccnc21. The van der Waals surface area contributed by atoms with Gasteiger partial charge in [-0.05, 0) is 43.4 Å². The summed E-state index contributed by atoms with van der Waals surface area (Å²) in [6.45, 7) is 5.69.